The maximum atomic E-state index is 13.3. The Balaban J connectivity index is 2.19. The normalized spacial score (nSPS) is 12.7. The summed E-state index contributed by atoms with van der Waals surface area (Å²) in [5.41, 5.74) is 2.54. The number of nitrogens with zero attached hydrogens (tertiary/aromatic N) is 2. The van der Waals surface area contributed by atoms with Gasteiger partial charge in [-0.15, -0.1) is 0 Å². The summed E-state index contributed by atoms with van der Waals surface area (Å²) in [5, 5.41) is 1.33. The van der Waals surface area contributed by atoms with Gasteiger partial charge >= 0.3 is 5.69 Å². The van der Waals surface area contributed by atoms with E-state index in [1.54, 1.807) is 16.7 Å². The van der Waals surface area contributed by atoms with Crippen molar-refractivity contribution in [3.8, 4) is 0 Å². The van der Waals surface area contributed by atoms with Crippen molar-refractivity contribution in [3.05, 3.63) is 67.5 Å². The SMILES string of the molecule is CCCC(CC)n1c(=O)n(Cc2cc(Cl)cc(Cl)c2Cl)c2ccccc21. The molecule has 3 nitrogen and oxygen atoms in total. The zero-order valence-electron chi connectivity index (χ0n) is 14.8. The van der Waals surface area contributed by atoms with Crippen LogP contribution in [0.15, 0.2) is 41.2 Å². The predicted octanol–water partition coefficient (Wildman–Crippen LogP) is 6.56. The minimum Gasteiger partial charge on any atom is -0.289 e. The number of aromatic nitrogens is 2. The van der Waals surface area contributed by atoms with Crippen LogP contribution in [0.5, 0.6) is 0 Å². The molecule has 1 unspecified atom stereocenters. The fourth-order valence-electron chi connectivity index (χ4n) is 3.48. The number of halogens is 3. The molecule has 26 heavy (non-hydrogen) atoms. The molecule has 1 heterocycles. The van der Waals surface area contributed by atoms with Gasteiger partial charge in [0.15, 0.2) is 0 Å². The molecule has 138 valence electrons. The second-order valence-electron chi connectivity index (χ2n) is 6.44. The maximum absolute atomic E-state index is 13.3. The lowest BCUT2D eigenvalue weighted by Crippen LogP contribution is -2.27. The molecule has 1 atom stereocenters. The molecule has 0 fully saturated rings. The summed E-state index contributed by atoms with van der Waals surface area (Å²) >= 11 is 18.6. The van der Waals surface area contributed by atoms with Gasteiger partial charge in [-0.2, -0.15) is 0 Å². The molecule has 1 aromatic heterocycles. The standard InChI is InChI=1S/C20H21Cl3N2O/c1-3-7-15(4-2)25-18-9-6-5-8-17(18)24(20(25)26)12-13-10-14(21)11-16(22)19(13)23/h5-6,8-11,15H,3-4,7,12H2,1-2H3. The van der Waals surface area contributed by atoms with Crippen molar-refractivity contribution >= 4 is 45.8 Å². The van der Waals surface area contributed by atoms with Crippen molar-refractivity contribution in [2.45, 2.75) is 45.7 Å². The lowest BCUT2D eigenvalue weighted by atomic mass is 10.1. The molecule has 6 heteroatoms. The molecule has 2 aromatic carbocycles. The Hall–Kier alpha value is -1.42. The average Bonchev–Trinajstić information content (AvgIpc) is 2.89. The van der Waals surface area contributed by atoms with Crippen LogP contribution in [-0.2, 0) is 6.54 Å². The van der Waals surface area contributed by atoms with Gasteiger partial charge < -0.3 is 0 Å². The molecule has 0 N–H and O–H groups in total. The minimum atomic E-state index is -0.0290. The highest BCUT2D eigenvalue weighted by Crippen LogP contribution is 2.31. The van der Waals surface area contributed by atoms with E-state index < -0.39 is 0 Å². The number of para-hydroxylation sites is 2. The van der Waals surface area contributed by atoms with Crippen LogP contribution in [0.1, 0.15) is 44.7 Å². The minimum absolute atomic E-state index is 0.0290. The molecule has 0 aliphatic heterocycles. The highest BCUT2D eigenvalue weighted by molar-refractivity contribution is 6.43. The molecular formula is C20H21Cl3N2O. The van der Waals surface area contributed by atoms with E-state index in [-0.39, 0.29) is 11.7 Å². The predicted molar refractivity (Wildman–Crippen MR) is 111 cm³/mol. The first-order valence-electron chi connectivity index (χ1n) is 8.81. The third kappa shape index (κ3) is 3.53. The Kier molecular flexibility index (Phi) is 6.01. The van der Waals surface area contributed by atoms with Crippen molar-refractivity contribution in [3.63, 3.8) is 0 Å². The zero-order valence-corrected chi connectivity index (χ0v) is 17.1. The first kappa shape index (κ1) is 19.3. The molecule has 0 aliphatic carbocycles. The van der Waals surface area contributed by atoms with Gasteiger partial charge in [-0.1, -0.05) is 67.2 Å². The Bertz CT molecular complexity index is 991. The van der Waals surface area contributed by atoms with Crippen molar-refractivity contribution in [1.29, 1.82) is 0 Å². The van der Waals surface area contributed by atoms with Crippen LogP contribution >= 0.6 is 34.8 Å². The van der Waals surface area contributed by atoms with Crippen molar-refractivity contribution in [2.75, 3.05) is 0 Å². The van der Waals surface area contributed by atoms with Gasteiger partial charge in [-0.25, -0.2) is 4.79 Å². The van der Waals surface area contributed by atoms with E-state index in [0.29, 0.717) is 21.6 Å². The van der Waals surface area contributed by atoms with Gasteiger partial charge in [-0.3, -0.25) is 9.13 Å². The highest BCUT2D eigenvalue weighted by atomic mass is 35.5. The van der Waals surface area contributed by atoms with E-state index in [4.69, 9.17) is 34.8 Å². The average molecular weight is 412 g/mol. The van der Waals surface area contributed by atoms with Gasteiger partial charge in [0, 0.05) is 11.1 Å². The summed E-state index contributed by atoms with van der Waals surface area (Å²) in [6.07, 6.45) is 2.90. The molecule has 0 spiro atoms. The van der Waals surface area contributed by atoms with Crippen LogP contribution in [0.3, 0.4) is 0 Å². The lowest BCUT2D eigenvalue weighted by molar-refractivity contribution is 0.441. The van der Waals surface area contributed by atoms with E-state index in [2.05, 4.69) is 13.8 Å². The van der Waals surface area contributed by atoms with Gasteiger partial charge in [0.2, 0.25) is 0 Å². The lowest BCUT2D eigenvalue weighted by Gasteiger charge is -2.15. The molecule has 0 saturated carbocycles. The van der Waals surface area contributed by atoms with Gasteiger partial charge in [-0.05, 0) is 42.7 Å². The number of imidazole rings is 1. The maximum Gasteiger partial charge on any atom is 0.329 e. The molecular weight excluding hydrogens is 391 g/mol. The summed E-state index contributed by atoms with van der Waals surface area (Å²) in [6.45, 7) is 4.58. The quantitative estimate of drug-likeness (QED) is 0.422. The van der Waals surface area contributed by atoms with Crippen molar-refractivity contribution in [1.82, 2.24) is 9.13 Å². The summed E-state index contributed by atoms with van der Waals surface area (Å²) in [4.78, 5) is 13.3. The smallest absolute Gasteiger partial charge is 0.289 e. The van der Waals surface area contributed by atoms with E-state index in [0.717, 1.165) is 35.9 Å². The van der Waals surface area contributed by atoms with E-state index in [1.165, 1.54) is 0 Å². The van der Waals surface area contributed by atoms with E-state index in [9.17, 15) is 4.79 Å². The first-order chi connectivity index (χ1) is 12.5. The van der Waals surface area contributed by atoms with Crippen LogP contribution < -0.4 is 5.69 Å². The summed E-state index contributed by atoms with van der Waals surface area (Å²) in [6, 6.07) is 11.4. The number of fused-ring (bicyclic) bond motifs is 1. The Morgan fingerprint density at radius 3 is 2.38 bits per heavy atom. The molecule has 3 rings (SSSR count). The Morgan fingerprint density at radius 2 is 1.73 bits per heavy atom. The van der Waals surface area contributed by atoms with Crippen molar-refractivity contribution in [2.24, 2.45) is 0 Å². The second-order valence-corrected chi connectivity index (χ2v) is 7.66. The summed E-state index contributed by atoms with van der Waals surface area (Å²) in [5.74, 6) is 0. The van der Waals surface area contributed by atoms with Gasteiger partial charge in [0.25, 0.3) is 0 Å². The van der Waals surface area contributed by atoms with Crippen LogP contribution in [0.25, 0.3) is 11.0 Å². The second kappa shape index (κ2) is 8.08. The zero-order chi connectivity index (χ0) is 18.8. The van der Waals surface area contributed by atoms with Crippen molar-refractivity contribution < 1.29 is 0 Å². The molecule has 0 aliphatic rings. The third-order valence-corrected chi connectivity index (χ3v) is 5.78. The van der Waals surface area contributed by atoms with Crippen LogP contribution in [0.4, 0.5) is 0 Å². The van der Waals surface area contributed by atoms with E-state index >= 15 is 0 Å². The number of rotatable bonds is 6. The molecule has 3 aromatic rings. The summed E-state index contributed by atoms with van der Waals surface area (Å²) < 4.78 is 3.67. The van der Waals surface area contributed by atoms with Gasteiger partial charge in [0.1, 0.15) is 0 Å². The third-order valence-electron chi connectivity index (χ3n) is 4.72. The fraction of sp³-hybridized carbons (Fsp3) is 0.350. The fourth-order valence-corrected chi connectivity index (χ4v) is 4.19. The molecule has 0 bridgehead atoms. The highest BCUT2D eigenvalue weighted by Gasteiger charge is 2.20. The Morgan fingerprint density at radius 1 is 1.04 bits per heavy atom. The van der Waals surface area contributed by atoms with Crippen LogP contribution in [0, 0.1) is 0 Å². The Labute approximate surface area is 168 Å². The summed E-state index contributed by atoms with van der Waals surface area (Å²) in [7, 11) is 0. The van der Waals surface area contributed by atoms with Gasteiger partial charge in [0.05, 0.1) is 27.6 Å². The monoisotopic (exact) mass is 410 g/mol. The number of hydrogen-bond acceptors (Lipinski definition) is 1. The topological polar surface area (TPSA) is 26.9 Å². The first-order valence-corrected chi connectivity index (χ1v) is 9.94. The molecule has 0 saturated heterocycles. The van der Waals surface area contributed by atoms with Crippen LogP contribution in [-0.4, -0.2) is 9.13 Å². The molecule has 0 radical (unpaired) electrons. The largest absolute Gasteiger partial charge is 0.329 e. The van der Waals surface area contributed by atoms with E-state index in [1.807, 2.05) is 28.8 Å². The molecule has 0 amide bonds. The number of benzene rings is 2. The van der Waals surface area contributed by atoms with Crippen LogP contribution in [0.2, 0.25) is 15.1 Å². The number of hydrogen-bond donors (Lipinski definition) is 0.